The number of methoxy groups -OCH3 is 2. The average Bonchev–Trinajstić information content (AvgIpc) is 2.86. The maximum Gasteiger partial charge on any atom is 0.419 e. The van der Waals surface area contributed by atoms with Crippen molar-refractivity contribution in [1.82, 2.24) is 4.57 Å². The summed E-state index contributed by atoms with van der Waals surface area (Å²) >= 11 is 3.41. The Hall–Kier alpha value is -1.95. The van der Waals surface area contributed by atoms with Gasteiger partial charge in [-0.2, -0.15) is 0 Å². The normalized spacial score (nSPS) is 11.2. The third-order valence-electron chi connectivity index (χ3n) is 3.06. The predicted molar refractivity (Wildman–Crippen MR) is 92.3 cm³/mol. The number of para-hydroxylation sites is 1. The fourth-order valence-electron chi connectivity index (χ4n) is 2.19. The summed E-state index contributed by atoms with van der Waals surface area (Å²) in [6.45, 7) is 5.49. The van der Waals surface area contributed by atoms with E-state index < -0.39 is 11.7 Å². The minimum absolute atomic E-state index is 0.455. The highest BCUT2D eigenvalue weighted by Crippen LogP contribution is 2.39. The largest absolute Gasteiger partial charge is 0.493 e. The van der Waals surface area contributed by atoms with Crippen molar-refractivity contribution in [3.05, 3.63) is 34.9 Å². The van der Waals surface area contributed by atoms with Gasteiger partial charge in [-0.1, -0.05) is 6.07 Å². The molecule has 1 heterocycles. The van der Waals surface area contributed by atoms with Crippen molar-refractivity contribution >= 4 is 22.0 Å². The van der Waals surface area contributed by atoms with Crippen molar-refractivity contribution in [2.75, 3.05) is 14.2 Å². The lowest BCUT2D eigenvalue weighted by Gasteiger charge is -2.21. The van der Waals surface area contributed by atoms with E-state index in [1.165, 1.54) is 4.57 Å². The molecule has 0 amide bonds. The molecule has 0 bridgehead atoms. The van der Waals surface area contributed by atoms with E-state index in [4.69, 9.17) is 14.2 Å². The Bertz CT molecular complexity index is 716. The molecule has 0 atom stereocenters. The number of nitrogens with zero attached hydrogens (tertiary/aromatic N) is 1. The first kappa shape index (κ1) is 17.4. The van der Waals surface area contributed by atoms with Crippen LogP contribution in [0.1, 0.15) is 20.8 Å². The number of rotatable bonds is 3. The standard InChI is InChI=1S/C17H20BrNO4/c1-17(2,3)23-16(20)19-10-11(18)9-13(19)12-7-6-8-14(21-4)15(12)22-5/h6-10H,1-5H3. The van der Waals surface area contributed by atoms with Crippen LogP contribution in [0, 0.1) is 0 Å². The van der Waals surface area contributed by atoms with Gasteiger partial charge in [0.2, 0.25) is 0 Å². The summed E-state index contributed by atoms with van der Waals surface area (Å²) in [5.41, 5.74) is 0.814. The van der Waals surface area contributed by atoms with Crippen molar-refractivity contribution in [2.24, 2.45) is 0 Å². The van der Waals surface area contributed by atoms with Crippen molar-refractivity contribution in [3.63, 3.8) is 0 Å². The van der Waals surface area contributed by atoms with Crippen LogP contribution in [0.3, 0.4) is 0 Å². The van der Waals surface area contributed by atoms with Gasteiger partial charge in [0.15, 0.2) is 11.5 Å². The predicted octanol–water partition coefficient (Wildman–Crippen LogP) is 4.72. The number of benzene rings is 1. The van der Waals surface area contributed by atoms with Crippen LogP contribution in [0.2, 0.25) is 0 Å². The molecular weight excluding hydrogens is 362 g/mol. The second kappa shape index (κ2) is 6.66. The van der Waals surface area contributed by atoms with Crippen molar-refractivity contribution in [1.29, 1.82) is 0 Å². The summed E-state index contributed by atoms with van der Waals surface area (Å²) < 4.78 is 18.5. The average molecular weight is 382 g/mol. The molecule has 0 saturated heterocycles. The molecule has 0 aliphatic rings. The van der Waals surface area contributed by atoms with Crippen LogP contribution in [-0.2, 0) is 4.74 Å². The molecular formula is C17H20BrNO4. The Morgan fingerprint density at radius 3 is 2.43 bits per heavy atom. The van der Waals surface area contributed by atoms with Gasteiger partial charge in [0.1, 0.15) is 5.60 Å². The number of halogens is 1. The fraction of sp³-hybridized carbons (Fsp3) is 0.353. The Morgan fingerprint density at radius 2 is 1.87 bits per heavy atom. The van der Waals surface area contributed by atoms with E-state index in [9.17, 15) is 4.79 Å². The lowest BCUT2D eigenvalue weighted by molar-refractivity contribution is 0.0540. The second-order valence-electron chi connectivity index (χ2n) is 5.93. The highest BCUT2D eigenvalue weighted by molar-refractivity contribution is 9.10. The molecule has 0 aliphatic carbocycles. The minimum Gasteiger partial charge on any atom is -0.493 e. The smallest absolute Gasteiger partial charge is 0.419 e. The van der Waals surface area contributed by atoms with Crippen LogP contribution in [0.15, 0.2) is 34.9 Å². The Morgan fingerprint density at radius 1 is 1.17 bits per heavy atom. The van der Waals surface area contributed by atoms with Crippen LogP contribution in [0.25, 0.3) is 11.3 Å². The number of hydrogen-bond donors (Lipinski definition) is 0. The van der Waals surface area contributed by atoms with E-state index in [2.05, 4.69) is 15.9 Å². The van der Waals surface area contributed by atoms with E-state index in [1.807, 2.05) is 39.0 Å². The molecule has 0 saturated carbocycles. The lowest BCUT2D eigenvalue weighted by Crippen LogP contribution is -2.27. The van der Waals surface area contributed by atoms with Gasteiger partial charge in [0.25, 0.3) is 0 Å². The van der Waals surface area contributed by atoms with Gasteiger partial charge in [-0.05, 0) is 54.9 Å². The third-order valence-corrected chi connectivity index (χ3v) is 3.49. The Kier molecular flexibility index (Phi) is 5.04. The molecule has 5 nitrogen and oxygen atoms in total. The number of hydrogen-bond acceptors (Lipinski definition) is 4. The molecule has 1 aromatic heterocycles. The monoisotopic (exact) mass is 381 g/mol. The number of carbonyl (C=O) groups excluding carboxylic acids is 1. The molecule has 1 aromatic carbocycles. The molecule has 0 aliphatic heterocycles. The Balaban J connectivity index is 2.56. The first-order valence-electron chi connectivity index (χ1n) is 7.09. The third kappa shape index (κ3) is 3.88. The van der Waals surface area contributed by atoms with Gasteiger partial charge in [-0.15, -0.1) is 0 Å². The van der Waals surface area contributed by atoms with Crippen molar-refractivity contribution in [3.8, 4) is 22.8 Å². The summed E-state index contributed by atoms with van der Waals surface area (Å²) in [4.78, 5) is 12.5. The molecule has 0 N–H and O–H groups in total. The van der Waals surface area contributed by atoms with Crippen LogP contribution in [-0.4, -0.2) is 30.5 Å². The molecule has 0 spiro atoms. The molecule has 2 rings (SSSR count). The van der Waals surface area contributed by atoms with Gasteiger partial charge < -0.3 is 14.2 Å². The van der Waals surface area contributed by atoms with Gasteiger partial charge in [0, 0.05) is 16.2 Å². The molecule has 0 radical (unpaired) electrons. The molecule has 124 valence electrons. The summed E-state index contributed by atoms with van der Waals surface area (Å²) in [5, 5.41) is 0. The van der Waals surface area contributed by atoms with E-state index in [1.54, 1.807) is 26.5 Å². The second-order valence-corrected chi connectivity index (χ2v) is 6.85. The molecule has 23 heavy (non-hydrogen) atoms. The molecule has 0 unspecified atom stereocenters. The molecule has 2 aromatic rings. The fourth-order valence-corrected chi connectivity index (χ4v) is 2.61. The van der Waals surface area contributed by atoms with E-state index in [-0.39, 0.29) is 0 Å². The van der Waals surface area contributed by atoms with Crippen molar-refractivity contribution in [2.45, 2.75) is 26.4 Å². The number of aromatic nitrogens is 1. The van der Waals surface area contributed by atoms with E-state index in [0.717, 1.165) is 10.0 Å². The quantitative estimate of drug-likeness (QED) is 0.771. The summed E-state index contributed by atoms with van der Waals surface area (Å²) in [6, 6.07) is 7.35. The van der Waals surface area contributed by atoms with Gasteiger partial charge in [-0.3, -0.25) is 4.57 Å². The topological polar surface area (TPSA) is 49.7 Å². The zero-order valence-corrected chi connectivity index (χ0v) is 15.4. The number of ether oxygens (including phenoxy) is 3. The van der Waals surface area contributed by atoms with E-state index in [0.29, 0.717) is 17.2 Å². The lowest BCUT2D eigenvalue weighted by atomic mass is 10.1. The summed E-state index contributed by atoms with van der Waals surface area (Å²) in [6.07, 6.45) is 1.21. The first-order valence-corrected chi connectivity index (χ1v) is 7.88. The SMILES string of the molecule is COc1cccc(-c2cc(Br)cn2C(=O)OC(C)(C)C)c1OC. The van der Waals surface area contributed by atoms with Gasteiger partial charge in [0.05, 0.1) is 19.9 Å². The maximum absolute atomic E-state index is 12.5. The van der Waals surface area contributed by atoms with E-state index >= 15 is 0 Å². The molecule has 0 fully saturated rings. The summed E-state index contributed by atoms with van der Waals surface area (Å²) in [7, 11) is 3.14. The van der Waals surface area contributed by atoms with Gasteiger partial charge in [-0.25, -0.2) is 4.79 Å². The zero-order chi connectivity index (χ0) is 17.2. The van der Waals surface area contributed by atoms with Crippen LogP contribution in [0.4, 0.5) is 4.79 Å². The Labute approximate surface area is 144 Å². The maximum atomic E-state index is 12.5. The highest BCUT2D eigenvalue weighted by atomic mass is 79.9. The van der Waals surface area contributed by atoms with Gasteiger partial charge >= 0.3 is 6.09 Å². The van der Waals surface area contributed by atoms with Crippen molar-refractivity contribution < 1.29 is 19.0 Å². The zero-order valence-electron chi connectivity index (χ0n) is 13.8. The van der Waals surface area contributed by atoms with Crippen LogP contribution >= 0.6 is 15.9 Å². The van der Waals surface area contributed by atoms with Crippen LogP contribution in [0.5, 0.6) is 11.5 Å². The highest BCUT2D eigenvalue weighted by Gasteiger charge is 2.23. The number of carbonyl (C=O) groups is 1. The first-order chi connectivity index (χ1) is 10.8. The summed E-state index contributed by atoms with van der Waals surface area (Å²) in [5.74, 6) is 1.16. The minimum atomic E-state index is -0.580. The molecule has 6 heteroatoms. The van der Waals surface area contributed by atoms with Crippen LogP contribution < -0.4 is 9.47 Å².